The van der Waals surface area contributed by atoms with Crippen LogP contribution in [0.5, 0.6) is 0 Å². The summed E-state index contributed by atoms with van der Waals surface area (Å²) in [5.74, 6) is -2.61. The molecule has 0 unspecified atom stereocenters. The highest BCUT2D eigenvalue weighted by Crippen LogP contribution is 2.20. The standard InChI is InChI=1S/C20H16F2N4O3/c1-11-9-18(28)19(25-26(11)17-6-4-3-5-15(17)22)20(29)24-13-7-8-14(21)16(10-13)23-12(2)27/h3-10H,1-2H3,(H,23,27)(H,24,29). The Morgan fingerprint density at radius 3 is 2.41 bits per heavy atom. The Kier molecular flexibility index (Phi) is 5.49. The number of hydrogen-bond donors (Lipinski definition) is 2. The summed E-state index contributed by atoms with van der Waals surface area (Å²) in [4.78, 5) is 36.0. The van der Waals surface area contributed by atoms with Crippen molar-refractivity contribution in [3.05, 3.63) is 81.8 Å². The Hall–Kier alpha value is -3.88. The molecule has 0 fully saturated rings. The summed E-state index contributed by atoms with van der Waals surface area (Å²) >= 11 is 0. The Labute approximate surface area is 164 Å². The minimum Gasteiger partial charge on any atom is -0.324 e. The van der Waals surface area contributed by atoms with Crippen LogP contribution in [-0.2, 0) is 4.79 Å². The van der Waals surface area contributed by atoms with E-state index < -0.39 is 34.6 Å². The van der Waals surface area contributed by atoms with Gasteiger partial charge in [0.2, 0.25) is 11.3 Å². The Morgan fingerprint density at radius 1 is 1.00 bits per heavy atom. The van der Waals surface area contributed by atoms with E-state index in [4.69, 9.17) is 0 Å². The summed E-state index contributed by atoms with van der Waals surface area (Å²) in [6, 6.07) is 10.5. The van der Waals surface area contributed by atoms with Gasteiger partial charge in [-0.2, -0.15) is 5.10 Å². The molecule has 29 heavy (non-hydrogen) atoms. The van der Waals surface area contributed by atoms with E-state index in [0.717, 1.165) is 10.7 Å². The molecule has 0 saturated carbocycles. The fourth-order valence-electron chi connectivity index (χ4n) is 2.65. The fraction of sp³-hybridized carbons (Fsp3) is 0.100. The molecule has 0 atom stereocenters. The largest absolute Gasteiger partial charge is 0.324 e. The van der Waals surface area contributed by atoms with Crippen LogP contribution < -0.4 is 16.1 Å². The fourth-order valence-corrected chi connectivity index (χ4v) is 2.65. The monoisotopic (exact) mass is 398 g/mol. The Morgan fingerprint density at radius 2 is 1.72 bits per heavy atom. The third kappa shape index (κ3) is 4.34. The first kappa shape index (κ1) is 19.9. The predicted molar refractivity (Wildman–Crippen MR) is 103 cm³/mol. The van der Waals surface area contributed by atoms with Crippen molar-refractivity contribution in [1.29, 1.82) is 0 Å². The zero-order valence-corrected chi connectivity index (χ0v) is 15.5. The van der Waals surface area contributed by atoms with E-state index in [1.54, 1.807) is 13.0 Å². The minimum absolute atomic E-state index is 0.0776. The number of carbonyl (C=O) groups is 2. The number of aryl methyl sites for hydroxylation is 1. The van der Waals surface area contributed by atoms with E-state index in [0.29, 0.717) is 5.69 Å². The first-order valence-electron chi connectivity index (χ1n) is 8.50. The molecule has 1 aromatic heterocycles. The number of rotatable bonds is 4. The van der Waals surface area contributed by atoms with E-state index in [1.807, 2.05) is 0 Å². The van der Waals surface area contributed by atoms with Gasteiger partial charge < -0.3 is 10.6 Å². The first-order chi connectivity index (χ1) is 13.8. The Balaban J connectivity index is 1.96. The lowest BCUT2D eigenvalue weighted by Gasteiger charge is -2.12. The van der Waals surface area contributed by atoms with Crippen molar-refractivity contribution >= 4 is 23.2 Å². The number of anilines is 2. The predicted octanol–water partition coefficient (Wildman–Crippen LogP) is 3.03. The van der Waals surface area contributed by atoms with Crippen molar-refractivity contribution < 1.29 is 18.4 Å². The molecule has 0 bridgehead atoms. The molecule has 3 rings (SSSR count). The number of aromatic nitrogens is 2. The number of para-hydroxylation sites is 1. The van der Waals surface area contributed by atoms with E-state index in [2.05, 4.69) is 15.7 Å². The van der Waals surface area contributed by atoms with Crippen LogP contribution in [0.1, 0.15) is 23.1 Å². The molecule has 0 radical (unpaired) electrons. The van der Waals surface area contributed by atoms with Crippen molar-refractivity contribution in [1.82, 2.24) is 9.78 Å². The maximum Gasteiger partial charge on any atom is 0.280 e. The van der Waals surface area contributed by atoms with Gasteiger partial charge in [-0.1, -0.05) is 12.1 Å². The molecule has 9 heteroatoms. The van der Waals surface area contributed by atoms with Gasteiger partial charge in [-0.15, -0.1) is 0 Å². The van der Waals surface area contributed by atoms with Crippen LogP contribution in [0, 0.1) is 18.6 Å². The van der Waals surface area contributed by atoms with Gasteiger partial charge in [-0.3, -0.25) is 14.4 Å². The lowest BCUT2D eigenvalue weighted by molar-refractivity contribution is -0.114. The highest BCUT2D eigenvalue weighted by Gasteiger charge is 2.17. The molecular weight excluding hydrogens is 382 g/mol. The molecule has 0 aliphatic rings. The van der Waals surface area contributed by atoms with Crippen LogP contribution in [0.3, 0.4) is 0 Å². The molecule has 3 aromatic rings. The zero-order chi connectivity index (χ0) is 21.1. The van der Waals surface area contributed by atoms with Gasteiger partial charge in [-0.05, 0) is 37.3 Å². The normalized spacial score (nSPS) is 10.5. The van der Waals surface area contributed by atoms with E-state index in [9.17, 15) is 23.2 Å². The molecule has 0 spiro atoms. The third-order valence-corrected chi connectivity index (χ3v) is 3.94. The number of carbonyl (C=O) groups excluding carboxylic acids is 2. The maximum absolute atomic E-state index is 14.1. The minimum atomic E-state index is -0.861. The summed E-state index contributed by atoms with van der Waals surface area (Å²) in [5.41, 5.74) is -0.698. The smallest absolute Gasteiger partial charge is 0.280 e. The number of hydrogen-bond acceptors (Lipinski definition) is 4. The topological polar surface area (TPSA) is 93.1 Å². The Bertz CT molecular complexity index is 1170. The molecule has 0 aliphatic heterocycles. The average Bonchev–Trinajstić information content (AvgIpc) is 2.65. The summed E-state index contributed by atoms with van der Waals surface area (Å²) < 4.78 is 29.0. The van der Waals surface area contributed by atoms with Gasteiger partial charge in [0.05, 0.1) is 5.69 Å². The SMILES string of the molecule is CC(=O)Nc1cc(NC(=O)c2nn(-c3ccccc3F)c(C)cc2=O)ccc1F. The van der Waals surface area contributed by atoms with E-state index in [1.165, 1.54) is 43.3 Å². The second-order valence-electron chi connectivity index (χ2n) is 6.19. The molecule has 0 aliphatic carbocycles. The number of benzene rings is 2. The van der Waals surface area contributed by atoms with Crippen LogP contribution in [0.15, 0.2) is 53.3 Å². The van der Waals surface area contributed by atoms with Crippen LogP contribution in [-0.4, -0.2) is 21.6 Å². The van der Waals surface area contributed by atoms with Gasteiger partial charge in [0.1, 0.15) is 17.3 Å². The van der Waals surface area contributed by atoms with Crippen molar-refractivity contribution in [2.24, 2.45) is 0 Å². The van der Waals surface area contributed by atoms with E-state index >= 15 is 0 Å². The molecule has 0 saturated heterocycles. The van der Waals surface area contributed by atoms with Gasteiger partial charge in [-0.25, -0.2) is 13.5 Å². The highest BCUT2D eigenvalue weighted by atomic mass is 19.1. The third-order valence-electron chi connectivity index (χ3n) is 3.94. The maximum atomic E-state index is 14.1. The zero-order valence-electron chi connectivity index (χ0n) is 15.5. The van der Waals surface area contributed by atoms with Crippen LogP contribution in [0.25, 0.3) is 5.69 Å². The molecule has 2 aromatic carbocycles. The summed E-state index contributed by atoms with van der Waals surface area (Å²) in [7, 11) is 0. The van der Waals surface area contributed by atoms with E-state index in [-0.39, 0.29) is 17.1 Å². The molecule has 148 valence electrons. The van der Waals surface area contributed by atoms with Crippen LogP contribution in [0.2, 0.25) is 0 Å². The van der Waals surface area contributed by atoms with Crippen LogP contribution in [0.4, 0.5) is 20.2 Å². The summed E-state index contributed by atoms with van der Waals surface area (Å²) in [6.07, 6.45) is 0. The highest BCUT2D eigenvalue weighted by molar-refractivity contribution is 6.03. The molecular formula is C20H16F2N4O3. The summed E-state index contributed by atoms with van der Waals surface area (Å²) in [5, 5.41) is 8.72. The molecule has 1 heterocycles. The molecule has 7 nitrogen and oxygen atoms in total. The van der Waals surface area contributed by atoms with Gasteiger partial charge in [0.15, 0.2) is 5.69 Å². The number of nitrogens with zero attached hydrogens (tertiary/aromatic N) is 2. The second kappa shape index (κ2) is 8.01. The van der Waals surface area contributed by atoms with Crippen LogP contribution >= 0.6 is 0 Å². The van der Waals surface area contributed by atoms with Crippen molar-refractivity contribution in [3.8, 4) is 5.69 Å². The second-order valence-corrected chi connectivity index (χ2v) is 6.19. The van der Waals surface area contributed by atoms with Crippen molar-refractivity contribution in [2.75, 3.05) is 10.6 Å². The van der Waals surface area contributed by atoms with Crippen molar-refractivity contribution in [2.45, 2.75) is 13.8 Å². The average molecular weight is 398 g/mol. The molecule has 2 N–H and O–H groups in total. The number of amides is 2. The quantitative estimate of drug-likeness (QED) is 0.707. The number of halogens is 2. The summed E-state index contributed by atoms with van der Waals surface area (Å²) in [6.45, 7) is 2.77. The molecule has 2 amide bonds. The van der Waals surface area contributed by atoms with Gasteiger partial charge in [0.25, 0.3) is 5.91 Å². The lowest BCUT2D eigenvalue weighted by Crippen LogP contribution is -2.27. The van der Waals surface area contributed by atoms with Crippen molar-refractivity contribution in [3.63, 3.8) is 0 Å². The lowest BCUT2D eigenvalue weighted by atomic mass is 10.2. The van der Waals surface area contributed by atoms with Gasteiger partial charge in [0, 0.05) is 24.4 Å². The first-order valence-corrected chi connectivity index (χ1v) is 8.50. The number of nitrogens with one attached hydrogen (secondary N) is 2. The van der Waals surface area contributed by atoms with Gasteiger partial charge >= 0.3 is 0 Å².